The molecule has 0 amide bonds. The van der Waals surface area contributed by atoms with Crippen molar-refractivity contribution >= 4 is 68.6 Å². The Balaban J connectivity index is 1.21. The van der Waals surface area contributed by atoms with Crippen molar-refractivity contribution in [1.82, 2.24) is 0 Å². The van der Waals surface area contributed by atoms with E-state index in [1.54, 1.807) is 0 Å². The molecule has 3 nitrogen and oxygen atoms in total. The van der Waals surface area contributed by atoms with Gasteiger partial charge in [-0.05, 0) is 165 Å². The van der Waals surface area contributed by atoms with Gasteiger partial charge in [0.25, 0.3) is 6.71 Å². The molecule has 13 rings (SSSR count). The van der Waals surface area contributed by atoms with E-state index in [-0.39, 0.29) is 28.4 Å². The minimum absolute atomic E-state index is 0.0497. The molecule has 0 bridgehead atoms. The maximum atomic E-state index is 2.82. The summed E-state index contributed by atoms with van der Waals surface area (Å²) in [7, 11) is 0. The third-order valence-corrected chi connectivity index (χ3v) is 18.7. The lowest BCUT2D eigenvalue weighted by Gasteiger charge is -2.52. The van der Waals surface area contributed by atoms with Gasteiger partial charge in [0.2, 0.25) is 0 Å². The van der Waals surface area contributed by atoms with Crippen LogP contribution in [0.25, 0.3) is 22.3 Å². The Morgan fingerprint density at radius 2 is 0.936 bits per heavy atom. The van der Waals surface area contributed by atoms with Gasteiger partial charge in [-0.1, -0.05) is 214 Å². The van der Waals surface area contributed by atoms with Gasteiger partial charge in [-0.2, -0.15) is 0 Å². The van der Waals surface area contributed by atoms with Crippen LogP contribution in [0.3, 0.4) is 0 Å². The van der Waals surface area contributed by atoms with E-state index in [0.29, 0.717) is 0 Å². The highest BCUT2D eigenvalue weighted by atomic mass is 15.3. The summed E-state index contributed by atoms with van der Waals surface area (Å²) in [5.41, 5.74) is 28.7. The molecular formula is C74H74BN3. The molecule has 4 aliphatic rings. The molecule has 0 saturated carbocycles. The van der Waals surface area contributed by atoms with E-state index in [9.17, 15) is 0 Å². The fourth-order valence-electron chi connectivity index (χ4n) is 14.3. The molecule has 0 fully saturated rings. The molecule has 0 N–H and O–H groups in total. The van der Waals surface area contributed by atoms with E-state index < -0.39 is 5.54 Å². The third kappa shape index (κ3) is 7.45. The zero-order valence-corrected chi connectivity index (χ0v) is 48.2. The fourth-order valence-corrected chi connectivity index (χ4v) is 14.3. The second kappa shape index (κ2) is 17.5. The summed E-state index contributed by atoms with van der Waals surface area (Å²) in [5, 5.41) is 0. The number of benzene rings is 9. The van der Waals surface area contributed by atoms with Crippen LogP contribution < -0.4 is 31.1 Å². The standard InChI is InChI=1S/C74H74BN3/c1-47-40-48(2)69-59(41-47)73(12)39-38-51-28-20-21-29-58(51)74(73,13)78(69)55-45-66-68-67(46-55)77(63-37-34-53(71(6,7)8)43-57(63)50-26-18-15-19-27-50)65-44-54(72(9,10)11)32-35-61(65)75(68)60-30-22-23-31-64(60)76(66)62-36-33-52(70(3,4)5)42-56(62)49-24-16-14-17-25-49/h14-37,40-46H,38-39H2,1-13H3. The summed E-state index contributed by atoms with van der Waals surface area (Å²) < 4.78 is 0. The Labute approximate surface area is 465 Å². The van der Waals surface area contributed by atoms with Crippen molar-refractivity contribution in [3.05, 3.63) is 233 Å². The molecule has 0 aromatic heterocycles. The van der Waals surface area contributed by atoms with Crippen LogP contribution in [0.15, 0.2) is 188 Å². The van der Waals surface area contributed by atoms with E-state index in [0.717, 1.165) is 12.8 Å². The van der Waals surface area contributed by atoms with Crippen molar-refractivity contribution in [2.75, 3.05) is 14.7 Å². The molecule has 0 spiro atoms. The summed E-state index contributed by atoms with van der Waals surface area (Å²) in [6.45, 7) is 30.8. The molecular weight excluding hydrogens is 942 g/mol. The van der Waals surface area contributed by atoms with Gasteiger partial charge >= 0.3 is 0 Å². The Bertz CT molecular complexity index is 3890. The van der Waals surface area contributed by atoms with Gasteiger partial charge in [-0.3, -0.25) is 0 Å². The first-order chi connectivity index (χ1) is 37.2. The normalized spacial score (nSPS) is 18.2. The van der Waals surface area contributed by atoms with Gasteiger partial charge in [0, 0.05) is 50.7 Å². The van der Waals surface area contributed by atoms with Gasteiger partial charge in [-0.25, -0.2) is 0 Å². The Morgan fingerprint density at radius 1 is 0.436 bits per heavy atom. The van der Waals surface area contributed by atoms with Crippen LogP contribution in [-0.4, -0.2) is 6.71 Å². The summed E-state index contributed by atoms with van der Waals surface area (Å²) in [6, 6.07) is 73.1. The number of hydrogen-bond acceptors (Lipinski definition) is 3. The molecule has 0 radical (unpaired) electrons. The molecule has 3 heterocycles. The quantitative estimate of drug-likeness (QED) is 0.159. The second-order valence-corrected chi connectivity index (χ2v) is 26.7. The smallest absolute Gasteiger partial charge is 0.252 e. The summed E-state index contributed by atoms with van der Waals surface area (Å²) in [4.78, 5) is 8.17. The molecule has 9 aromatic rings. The van der Waals surface area contributed by atoms with Crippen LogP contribution in [0.5, 0.6) is 0 Å². The zero-order chi connectivity index (χ0) is 54.4. The fraction of sp³-hybridized carbons (Fsp3) is 0.270. The molecule has 1 aliphatic carbocycles. The topological polar surface area (TPSA) is 9.72 Å². The number of nitrogens with zero attached hydrogens (tertiary/aromatic N) is 3. The Kier molecular flexibility index (Phi) is 11.2. The number of aryl methyl sites for hydroxylation is 3. The van der Waals surface area contributed by atoms with E-state index in [1.165, 1.54) is 129 Å². The van der Waals surface area contributed by atoms with Gasteiger partial charge in [-0.15, -0.1) is 0 Å². The lowest BCUT2D eigenvalue weighted by atomic mass is 9.33. The van der Waals surface area contributed by atoms with E-state index in [4.69, 9.17) is 0 Å². The number of rotatable bonds is 5. The van der Waals surface area contributed by atoms with Crippen molar-refractivity contribution in [1.29, 1.82) is 0 Å². The Hall–Kier alpha value is -7.56. The predicted molar refractivity (Wildman–Crippen MR) is 335 cm³/mol. The molecule has 2 atom stereocenters. The molecule has 3 aliphatic heterocycles. The van der Waals surface area contributed by atoms with E-state index >= 15 is 0 Å². The third-order valence-electron chi connectivity index (χ3n) is 18.7. The molecule has 0 saturated heterocycles. The highest BCUT2D eigenvalue weighted by molar-refractivity contribution is 7.00. The van der Waals surface area contributed by atoms with Crippen LogP contribution in [0.1, 0.15) is 127 Å². The number of fused-ring (bicyclic) bond motifs is 9. The number of para-hydroxylation sites is 1. The monoisotopic (exact) mass is 1020 g/mol. The highest BCUT2D eigenvalue weighted by Gasteiger charge is 2.61. The lowest BCUT2D eigenvalue weighted by molar-refractivity contribution is 0.245. The molecule has 4 heteroatoms. The van der Waals surface area contributed by atoms with Gasteiger partial charge < -0.3 is 14.7 Å². The molecule has 78 heavy (non-hydrogen) atoms. The largest absolute Gasteiger partial charge is 0.330 e. The number of anilines is 8. The molecule has 9 aromatic carbocycles. The SMILES string of the molecule is Cc1cc(C)c2c(c1)C1(C)CCc3ccccc3C1(C)N2c1cc2c3c(c1)N(c1ccc(C(C)(C)C)cc1-c1ccccc1)c1cc(C(C)(C)C)ccc1B3c1ccccc1N2c1ccc(C(C)(C)C)cc1-c1ccccc1. The summed E-state index contributed by atoms with van der Waals surface area (Å²) in [5.74, 6) is 0. The second-order valence-electron chi connectivity index (χ2n) is 26.7. The average Bonchev–Trinajstić information content (AvgIpc) is 3.50. The summed E-state index contributed by atoms with van der Waals surface area (Å²) >= 11 is 0. The van der Waals surface area contributed by atoms with Crippen LogP contribution >= 0.6 is 0 Å². The van der Waals surface area contributed by atoms with Crippen molar-refractivity contribution in [2.45, 2.75) is 130 Å². The van der Waals surface area contributed by atoms with Gasteiger partial charge in [0.05, 0.1) is 16.9 Å². The minimum Gasteiger partial charge on any atom is -0.330 e. The lowest BCUT2D eigenvalue weighted by Crippen LogP contribution is -2.61. The van der Waals surface area contributed by atoms with Gasteiger partial charge in [0.1, 0.15) is 0 Å². The maximum absolute atomic E-state index is 2.82. The predicted octanol–water partition coefficient (Wildman–Crippen LogP) is 17.9. The van der Waals surface area contributed by atoms with Crippen molar-refractivity contribution in [3.63, 3.8) is 0 Å². The molecule has 2 unspecified atom stereocenters. The highest BCUT2D eigenvalue weighted by Crippen LogP contribution is 2.65. The first-order valence-corrected chi connectivity index (χ1v) is 28.6. The summed E-state index contributed by atoms with van der Waals surface area (Å²) in [6.07, 6.45) is 2.10. The van der Waals surface area contributed by atoms with Crippen molar-refractivity contribution < 1.29 is 0 Å². The van der Waals surface area contributed by atoms with Crippen molar-refractivity contribution in [3.8, 4) is 22.3 Å². The van der Waals surface area contributed by atoms with Crippen LogP contribution in [0, 0.1) is 13.8 Å². The van der Waals surface area contributed by atoms with Crippen LogP contribution in [-0.2, 0) is 33.6 Å². The maximum Gasteiger partial charge on any atom is 0.252 e. The van der Waals surface area contributed by atoms with Crippen LogP contribution in [0.4, 0.5) is 45.5 Å². The van der Waals surface area contributed by atoms with Gasteiger partial charge in [0.15, 0.2) is 0 Å². The van der Waals surface area contributed by atoms with Crippen molar-refractivity contribution in [2.24, 2.45) is 0 Å². The first kappa shape index (κ1) is 50.0. The van der Waals surface area contributed by atoms with Crippen LogP contribution in [0.2, 0.25) is 0 Å². The molecule has 388 valence electrons. The average molecular weight is 1020 g/mol. The minimum atomic E-state index is -0.426. The first-order valence-electron chi connectivity index (χ1n) is 28.6. The number of hydrogen-bond donors (Lipinski definition) is 0. The Morgan fingerprint density at radius 3 is 1.53 bits per heavy atom. The zero-order valence-electron chi connectivity index (χ0n) is 48.2. The van der Waals surface area contributed by atoms with E-state index in [1.807, 2.05) is 0 Å². The van der Waals surface area contributed by atoms with E-state index in [2.05, 4.69) is 293 Å².